The summed E-state index contributed by atoms with van der Waals surface area (Å²) in [5.41, 5.74) is 1.32. The van der Waals surface area contributed by atoms with E-state index in [0.29, 0.717) is 21.2 Å². The number of rotatable bonds is 4. The molecule has 7 heteroatoms. The molecule has 0 unspecified atom stereocenters. The Morgan fingerprint density at radius 2 is 1.85 bits per heavy atom. The van der Waals surface area contributed by atoms with Crippen LogP contribution in [0.15, 0.2) is 45.3 Å². The first kappa shape index (κ1) is 14.9. The molecule has 0 aliphatic heterocycles. The Labute approximate surface area is 131 Å². The highest BCUT2D eigenvalue weighted by atomic mass is 79.9. The van der Waals surface area contributed by atoms with Gasteiger partial charge < -0.3 is 5.32 Å². The second-order valence-corrected chi connectivity index (χ2v) is 5.73. The number of hydrogen-bond donors (Lipinski definition) is 1. The van der Waals surface area contributed by atoms with Crippen molar-refractivity contribution in [3.8, 4) is 0 Å². The van der Waals surface area contributed by atoms with Gasteiger partial charge in [0.05, 0.1) is 15.1 Å². The van der Waals surface area contributed by atoms with Crippen molar-refractivity contribution < 1.29 is 9.31 Å². The normalized spacial score (nSPS) is 10.3. The van der Waals surface area contributed by atoms with Crippen LogP contribution in [0.5, 0.6) is 0 Å². The van der Waals surface area contributed by atoms with E-state index >= 15 is 0 Å². The average molecular weight is 404 g/mol. The number of nitrogens with zero attached hydrogens (tertiary/aromatic N) is 1. The Hall–Kier alpha value is -1.47. The molecular weight excluding hydrogens is 395 g/mol. The summed E-state index contributed by atoms with van der Waals surface area (Å²) in [5.74, 6) is -0.345. The molecule has 2 aromatic rings. The van der Waals surface area contributed by atoms with Gasteiger partial charge in [0.25, 0.3) is 5.69 Å². The van der Waals surface area contributed by atoms with Crippen LogP contribution >= 0.6 is 31.9 Å². The van der Waals surface area contributed by atoms with Gasteiger partial charge in [-0.2, -0.15) is 0 Å². The zero-order chi connectivity index (χ0) is 14.7. The number of nitrogens with one attached hydrogen (secondary N) is 1. The van der Waals surface area contributed by atoms with Crippen LogP contribution in [-0.4, -0.2) is 4.92 Å². The molecule has 0 aliphatic carbocycles. The van der Waals surface area contributed by atoms with Gasteiger partial charge in [0.2, 0.25) is 0 Å². The van der Waals surface area contributed by atoms with Gasteiger partial charge in [-0.1, -0.05) is 6.07 Å². The van der Waals surface area contributed by atoms with E-state index < -0.39 is 4.92 Å². The van der Waals surface area contributed by atoms with E-state index in [1.54, 1.807) is 18.2 Å². The highest BCUT2D eigenvalue weighted by Crippen LogP contribution is 2.27. The topological polar surface area (TPSA) is 55.2 Å². The second kappa shape index (κ2) is 6.32. The fraction of sp³-hybridized carbons (Fsp3) is 0.0769. The molecule has 0 radical (unpaired) electrons. The molecule has 0 aliphatic rings. The molecule has 1 N–H and O–H groups in total. The average Bonchev–Trinajstić information content (AvgIpc) is 2.41. The molecule has 2 rings (SSSR count). The quantitative estimate of drug-likeness (QED) is 0.585. The minimum absolute atomic E-state index is 0.00214. The van der Waals surface area contributed by atoms with Crippen LogP contribution in [-0.2, 0) is 6.54 Å². The highest BCUT2D eigenvalue weighted by Gasteiger charge is 2.09. The Morgan fingerprint density at radius 3 is 2.50 bits per heavy atom. The second-order valence-electron chi connectivity index (χ2n) is 4.02. The largest absolute Gasteiger partial charge is 0.380 e. The van der Waals surface area contributed by atoms with E-state index in [9.17, 15) is 14.5 Å². The molecule has 104 valence electrons. The van der Waals surface area contributed by atoms with Crippen LogP contribution in [0.2, 0.25) is 0 Å². The lowest BCUT2D eigenvalue weighted by Gasteiger charge is -2.09. The van der Waals surface area contributed by atoms with Crippen LogP contribution in [0, 0.1) is 15.9 Å². The predicted octanol–water partition coefficient (Wildman–Crippen LogP) is 4.87. The Bertz CT molecular complexity index is 665. The summed E-state index contributed by atoms with van der Waals surface area (Å²) in [6.45, 7) is 0.365. The van der Waals surface area contributed by atoms with Gasteiger partial charge in [-0.25, -0.2) is 4.39 Å². The van der Waals surface area contributed by atoms with Gasteiger partial charge in [0.15, 0.2) is 0 Å². The van der Waals surface area contributed by atoms with Crippen molar-refractivity contribution in [2.24, 2.45) is 0 Å². The van der Waals surface area contributed by atoms with Crippen molar-refractivity contribution in [2.75, 3.05) is 5.32 Å². The molecule has 0 fully saturated rings. The minimum atomic E-state index is -0.461. The molecule has 0 atom stereocenters. The van der Waals surface area contributed by atoms with E-state index in [1.165, 1.54) is 18.2 Å². The van der Waals surface area contributed by atoms with Crippen molar-refractivity contribution in [3.63, 3.8) is 0 Å². The predicted molar refractivity (Wildman–Crippen MR) is 82.2 cm³/mol. The Balaban J connectivity index is 2.15. The van der Waals surface area contributed by atoms with Gasteiger partial charge >= 0.3 is 0 Å². The van der Waals surface area contributed by atoms with Crippen molar-refractivity contribution in [2.45, 2.75) is 6.54 Å². The fourth-order valence-corrected chi connectivity index (χ4v) is 2.24. The van der Waals surface area contributed by atoms with Gasteiger partial charge in [-0.15, -0.1) is 0 Å². The number of benzene rings is 2. The number of halogens is 3. The summed E-state index contributed by atoms with van der Waals surface area (Å²) in [6, 6.07) is 9.24. The first-order valence-corrected chi connectivity index (χ1v) is 7.17. The summed E-state index contributed by atoms with van der Waals surface area (Å²) < 4.78 is 14.5. The maximum atomic E-state index is 13.4. The van der Waals surface area contributed by atoms with Gasteiger partial charge in [-0.3, -0.25) is 10.1 Å². The van der Waals surface area contributed by atoms with Crippen LogP contribution in [0.3, 0.4) is 0 Å². The summed E-state index contributed by atoms with van der Waals surface area (Å²) >= 11 is 6.40. The molecular formula is C13H9Br2FN2O2. The summed E-state index contributed by atoms with van der Waals surface area (Å²) in [6.07, 6.45) is 0. The van der Waals surface area contributed by atoms with Crippen LogP contribution in [0.25, 0.3) is 0 Å². The van der Waals surface area contributed by atoms with E-state index in [-0.39, 0.29) is 11.5 Å². The lowest BCUT2D eigenvalue weighted by atomic mass is 10.2. The summed E-state index contributed by atoms with van der Waals surface area (Å²) in [5, 5.41) is 13.8. The highest BCUT2D eigenvalue weighted by molar-refractivity contribution is 9.10. The number of nitro groups is 1. The first-order chi connectivity index (χ1) is 9.47. The molecule has 2 aromatic carbocycles. The number of nitro benzene ring substituents is 1. The van der Waals surface area contributed by atoms with Gasteiger partial charge in [0, 0.05) is 23.2 Å². The standard InChI is InChI=1S/C13H9Br2FN2O2/c14-10-3-1-8(5-12(10)16)7-17-13-6-9(18(19)20)2-4-11(13)15/h1-6,17H,7H2. The molecule has 20 heavy (non-hydrogen) atoms. The smallest absolute Gasteiger partial charge is 0.271 e. The molecule has 0 amide bonds. The monoisotopic (exact) mass is 402 g/mol. The Morgan fingerprint density at radius 1 is 1.15 bits per heavy atom. The lowest BCUT2D eigenvalue weighted by Crippen LogP contribution is -2.01. The zero-order valence-electron chi connectivity index (χ0n) is 10.1. The molecule has 4 nitrogen and oxygen atoms in total. The third kappa shape index (κ3) is 3.55. The zero-order valence-corrected chi connectivity index (χ0v) is 13.2. The van der Waals surface area contributed by atoms with Crippen molar-refractivity contribution in [1.29, 1.82) is 0 Å². The van der Waals surface area contributed by atoms with Gasteiger partial charge in [-0.05, 0) is 55.6 Å². The number of non-ortho nitro benzene ring substituents is 1. The fourth-order valence-electron chi connectivity index (χ4n) is 1.61. The summed E-state index contributed by atoms with van der Waals surface area (Å²) in [7, 11) is 0. The maximum absolute atomic E-state index is 13.4. The number of hydrogen-bond acceptors (Lipinski definition) is 3. The van der Waals surface area contributed by atoms with E-state index in [0.717, 1.165) is 5.56 Å². The SMILES string of the molecule is O=[N+]([O-])c1ccc(Br)c(NCc2ccc(Br)c(F)c2)c1. The van der Waals surface area contributed by atoms with Crippen LogP contribution in [0.4, 0.5) is 15.8 Å². The molecule has 0 heterocycles. The summed E-state index contributed by atoms with van der Waals surface area (Å²) in [4.78, 5) is 10.3. The number of anilines is 1. The molecule has 0 saturated heterocycles. The third-order valence-electron chi connectivity index (χ3n) is 2.63. The van der Waals surface area contributed by atoms with Gasteiger partial charge in [0.1, 0.15) is 5.82 Å². The van der Waals surface area contributed by atoms with Crippen molar-refractivity contribution in [3.05, 3.63) is 66.8 Å². The molecule has 0 saturated carbocycles. The lowest BCUT2D eigenvalue weighted by molar-refractivity contribution is -0.384. The van der Waals surface area contributed by atoms with Crippen molar-refractivity contribution in [1.82, 2.24) is 0 Å². The minimum Gasteiger partial charge on any atom is -0.380 e. The third-order valence-corrected chi connectivity index (χ3v) is 3.96. The van der Waals surface area contributed by atoms with E-state index in [4.69, 9.17) is 0 Å². The van der Waals surface area contributed by atoms with Crippen LogP contribution in [0.1, 0.15) is 5.56 Å². The first-order valence-electron chi connectivity index (χ1n) is 5.59. The van der Waals surface area contributed by atoms with E-state index in [2.05, 4.69) is 37.2 Å². The van der Waals surface area contributed by atoms with E-state index in [1.807, 2.05) is 0 Å². The molecule has 0 bridgehead atoms. The Kier molecular flexibility index (Phi) is 4.72. The van der Waals surface area contributed by atoms with Crippen LogP contribution < -0.4 is 5.32 Å². The maximum Gasteiger partial charge on any atom is 0.271 e. The molecule has 0 aromatic heterocycles. The van der Waals surface area contributed by atoms with Crippen molar-refractivity contribution >= 4 is 43.2 Å². The molecule has 0 spiro atoms.